The fourth-order valence-electron chi connectivity index (χ4n) is 1.84. The standard InChI is InChI=1S/C15H22N2O2/c1-11(2)10-13(15(19)17(3)4)16-14(18)12-8-6-5-7-9-12/h5-9,11,13H,10H2,1-4H3,(H,16,18)/t13-/m0/s1. The Kier molecular flexibility index (Phi) is 5.55. The van der Waals surface area contributed by atoms with E-state index in [9.17, 15) is 9.59 Å². The first kappa shape index (κ1) is 15.2. The molecule has 0 unspecified atom stereocenters. The number of hydrogen-bond donors (Lipinski definition) is 1. The average molecular weight is 262 g/mol. The van der Waals surface area contributed by atoms with Crippen molar-refractivity contribution in [3.05, 3.63) is 35.9 Å². The Bertz CT molecular complexity index is 427. The minimum atomic E-state index is -0.470. The largest absolute Gasteiger partial charge is 0.347 e. The van der Waals surface area contributed by atoms with Crippen molar-refractivity contribution in [2.45, 2.75) is 26.3 Å². The summed E-state index contributed by atoms with van der Waals surface area (Å²) in [6, 6.07) is 8.47. The van der Waals surface area contributed by atoms with Gasteiger partial charge in [0.1, 0.15) is 6.04 Å². The topological polar surface area (TPSA) is 49.4 Å². The Morgan fingerprint density at radius 3 is 2.21 bits per heavy atom. The van der Waals surface area contributed by atoms with Gasteiger partial charge in [-0.1, -0.05) is 32.0 Å². The van der Waals surface area contributed by atoms with Crippen LogP contribution in [0.1, 0.15) is 30.6 Å². The van der Waals surface area contributed by atoms with Crippen molar-refractivity contribution in [2.24, 2.45) is 5.92 Å². The molecule has 0 aliphatic heterocycles. The number of carbonyl (C=O) groups excluding carboxylic acids is 2. The predicted octanol–water partition coefficient (Wildman–Crippen LogP) is 1.92. The molecule has 0 aliphatic carbocycles. The van der Waals surface area contributed by atoms with Gasteiger partial charge >= 0.3 is 0 Å². The number of rotatable bonds is 5. The molecule has 1 aromatic rings. The molecule has 1 atom stereocenters. The summed E-state index contributed by atoms with van der Waals surface area (Å²) in [5.41, 5.74) is 0.572. The smallest absolute Gasteiger partial charge is 0.251 e. The lowest BCUT2D eigenvalue weighted by molar-refractivity contribution is -0.131. The van der Waals surface area contributed by atoms with Crippen molar-refractivity contribution in [2.75, 3.05) is 14.1 Å². The van der Waals surface area contributed by atoms with Gasteiger partial charge in [-0.25, -0.2) is 0 Å². The zero-order chi connectivity index (χ0) is 14.4. The molecule has 1 aromatic carbocycles. The molecule has 4 nitrogen and oxygen atoms in total. The summed E-state index contributed by atoms with van der Waals surface area (Å²) in [7, 11) is 3.40. The van der Waals surface area contributed by atoms with Crippen LogP contribution in [0.4, 0.5) is 0 Å². The molecular weight excluding hydrogens is 240 g/mol. The first-order valence-electron chi connectivity index (χ1n) is 6.49. The van der Waals surface area contributed by atoms with Crippen molar-refractivity contribution in [3.63, 3.8) is 0 Å². The highest BCUT2D eigenvalue weighted by Crippen LogP contribution is 2.08. The molecule has 0 saturated carbocycles. The predicted molar refractivity (Wildman–Crippen MR) is 75.8 cm³/mol. The fraction of sp³-hybridized carbons (Fsp3) is 0.467. The van der Waals surface area contributed by atoms with Crippen LogP contribution in [0, 0.1) is 5.92 Å². The van der Waals surface area contributed by atoms with Crippen LogP contribution >= 0.6 is 0 Å². The lowest BCUT2D eigenvalue weighted by Gasteiger charge is -2.23. The van der Waals surface area contributed by atoms with Crippen molar-refractivity contribution in [1.82, 2.24) is 10.2 Å². The first-order chi connectivity index (χ1) is 8.91. The third-order valence-corrected chi connectivity index (χ3v) is 2.79. The molecule has 0 radical (unpaired) electrons. The van der Waals surface area contributed by atoms with Gasteiger partial charge in [0.15, 0.2) is 0 Å². The van der Waals surface area contributed by atoms with Gasteiger partial charge in [-0.3, -0.25) is 9.59 Å². The van der Waals surface area contributed by atoms with Gasteiger partial charge in [0, 0.05) is 19.7 Å². The monoisotopic (exact) mass is 262 g/mol. The first-order valence-corrected chi connectivity index (χ1v) is 6.49. The van der Waals surface area contributed by atoms with E-state index < -0.39 is 6.04 Å². The van der Waals surface area contributed by atoms with Crippen LogP contribution < -0.4 is 5.32 Å². The molecule has 0 aromatic heterocycles. The molecule has 0 bridgehead atoms. The van der Waals surface area contributed by atoms with E-state index in [2.05, 4.69) is 5.32 Å². The zero-order valence-corrected chi connectivity index (χ0v) is 12.0. The highest BCUT2D eigenvalue weighted by molar-refractivity contribution is 5.97. The van der Waals surface area contributed by atoms with E-state index in [0.717, 1.165) is 0 Å². The third-order valence-electron chi connectivity index (χ3n) is 2.79. The molecule has 0 heterocycles. The van der Waals surface area contributed by atoms with Gasteiger partial charge in [-0.05, 0) is 24.5 Å². The van der Waals surface area contributed by atoms with Crippen LogP contribution in [-0.2, 0) is 4.79 Å². The molecule has 1 N–H and O–H groups in total. The molecule has 1 rings (SSSR count). The summed E-state index contributed by atoms with van der Waals surface area (Å²) in [5, 5.41) is 2.82. The molecule has 0 fully saturated rings. The third kappa shape index (κ3) is 4.73. The Balaban J connectivity index is 2.77. The van der Waals surface area contributed by atoms with Crippen molar-refractivity contribution in [3.8, 4) is 0 Å². The molecule has 2 amide bonds. The van der Waals surface area contributed by atoms with Gasteiger partial charge < -0.3 is 10.2 Å². The number of nitrogens with zero attached hydrogens (tertiary/aromatic N) is 1. The lowest BCUT2D eigenvalue weighted by Crippen LogP contribution is -2.46. The van der Waals surface area contributed by atoms with Gasteiger partial charge in [0.25, 0.3) is 5.91 Å². The van der Waals surface area contributed by atoms with Crippen molar-refractivity contribution in [1.29, 1.82) is 0 Å². The van der Waals surface area contributed by atoms with E-state index >= 15 is 0 Å². The van der Waals surface area contributed by atoms with Crippen LogP contribution in [0.3, 0.4) is 0 Å². The van der Waals surface area contributed by atoms with Crippen LogP contribution in [0.15, 0.2) is 30.3 Å². The number of carbonyl (C=O) groups is 2. The highest BCUT2D eigenvalue weighted by atomic mass is 16.2. The second kappa shape index (κ2) is 6.92. The maximum atomic E-state index is 12.1. The summed E-state index contributed by atoms with van der Waals surface area (Å²) < 4.78 is 0. The van der Waals surface area contributed by atoms with E-state index in [-0.39, 0.29) is 11.8 Å². The maximum absolute atomic E-state index is 12.1. The zero-order valence-electron chi connectivity index (χ0n) is 12.0. The van der Waals surface area contributed by atoms with E-state index in [0.29, 0.717) is 17.9 Å². The summed E-state index contributed by atoms with van der Waals surface area (Å²) in [4.78, 5) is 25.7. The normalized spacial score (nSPS) is 12.1. The van der Waals surface area contributed by atoms with Gasteiger partial charge in [-0.15, -0.1) is 0 Å². The van der Waals surface area contributed by atoms with Crippen molar-refractivity contribution >= 4 is 11.8 Å². The number of amides is 2. The maximum Gasteiger partial charge on any atom is 0.251 e. The number of hydrogen-bond acceptors (Lipinski definition) is 2. The Morgan fingerprint density at radius 1 is 1.16 bits per heavy atom. The number of nitrogens with one attached hydrogen (secondary N) is 1. The molecule has 0 spiro atoms. The second-order valence-electron chi connectivity index (χ2n) is 5.25. The molecule has 104 valence electrons. The Labute approximate surface area is 114 Å². The van der Waals surface area contributed by atoms with Crippen molar-refractivity contribution < 1.29 is 9.59 Å². The SMILES string of the molecule is CC(C)C[C@H](NC(=O)c1ccccc1)C(=O)N(C)C. The molecule has 19 heavy (non-hydrogen) atoms. The number of benzene rings is 1. The van der Waals surface area contributed by atoms with Gasteiger partial charge in [0.05, 0.1) is 0 Å². The molecule has 0 aliphatic rings. The van der Waals surface area contributed by atoms with Crippen LogP contribution in [0.5, 0.6) is 0 Å². The molecule has 4 heteroatoms. The number of likely N-dealkylation sites (N-methyl/N-ethyl adjacent to an activating group) is 1. The summed E-state index contributed by atoms with van der Waals surface area (Å²) >= 11 is 0. The molecular formula is C15H22N2O2. The summed E-state index contributed by atoms with van der Waals surface area (Å²) in [6.45, 7) is 4.06. The minimum Gasteiger partial charge on any atom is -0.347 e. The lowest BCUT2D eigenvalue weighted by atomic mass is 10.0. The van der Waals surface area contributed by atoms with Crippen LogP contribution in [0.2, 0.25) is 0 Å². The van der Waals surface area contributed by atoms with Crippen LogP contribution in [-0.4, -0.2) is 36.9 Å². The highest BCUT2D eigenvalue weighted by Gasteiger charge is 2.23. The second-order valence-corrected chi connectivity index (χ2v) is 5.25. The quantitative estimate of drug-likeness (QED) is 0.881. The Hall–Kier alpha value is -1.84. The van der Waals surface area contributed by atoms with E-state index in [4.69, 9.17) is 0 Å². The van der Waals surface area contributed by atoms with E-state index in [1.165, 1.54) is 4.90 Å². The fourth-order valence-corrected chi connectivity index (χ4v) is 1.84. The summed E-state index contributed by atoms with van der Waals surface area (Å²) in [6.07, 6.45) is 0.635. The minimum absolute atomic E-state index is 0.0713. The molecule has 0 saturated heterocycles. The van der Waals surface area contributed by atoms with Gasteiger partial charge in [0.2, 0.25) is 5.91 Å². The van der Waals surface area contributed by atoms with Crippen LogP contribution in [0.25, 0.3) is 0 Å². The Morgan fingerprint density at radius 2 is 1.74 bits per heavy atom. The van der Waals surface area contributed by atoms with E-state index in [1.807, 2.05) is 19.9 Å². The average Bonchev–Trinajstić information content (AvgIpc) is 2.37. The van der Waals surface area contributed by atoms with Gasteiger partial charge in [-0.2, -0.15) is 0 Å². The summed E-state index contributed by atoms with van der Waals surface area (Å²) in [5.74, 6) is 0.0596. The van der Waals surface area contributed by atoms with E-state index in [1.54, 1.807) is 38.4 Å².